The second-order valence-electron chi connectivity index (χ2n) is 26.7. The summed E-state index contributed by atoms with van der Waals surface area (Å²) in [7, 11) is 0. The van der Waals surface area contributed by atoms with E-state index in [-0.39, 0.29) is 33.2 Å². The minimum absolute atomic E-state index is 0.0362. The van der Waals surface area contributed by atoms with Gasteiger partial charge in [-0.05, 0) is 117 Å². The molecule has 0 amide bonds. The van der Waals surface area contributed by atoms with Crippen LogP contribution in [0.4, 0.5) is 11.4 Å². The van der Waals surface area contributed by atoms with Crippen LogP contribution in [0.1, 0.15) is 121 Å². The Morgan fingerprint density at radius 3 is 1.20 bits per heavy atom. The van der Waals surface area contributed by atoms with E-state index in [1.165, 1.54) is 0 Å². The molecule has 12 aromatic rings. The predicted molar refractivity (Wildman–Crippen MR) is 372 cm³/mol. The number of imidazole rings is 2. The summed E-state index contributed by atoms with van der Waals surface area (Å²) in [5.41, 5.74) is 24.7. The number of fused-ring (bicyclic) bond motifs is 2. The number of anilines is 1. The molecule has 0 radical (unpaired) electrons. The Morgan fingerprint density at radius 1 is 0.404 bits per heavy atom. The van der Waals surface area contributed by atoms with Crippen molar-refractivity contribution in [3.05, 3.63) is 264 Å². The topological polar surface area (TPSA) is 132 Å². The molecular weight excluding hydrogens is 1090 g/mol. The SMILES string of the molecule is CC(C)(C)c1cc(C=Nc2ccccc2-c2nc3c(-c4ccccc4)cccc3n2-c2ccccc2)c(O)c(C(C)(C)C)c1.CC(C)(C)c1cc(C=O)c(O)c(C(C)(C)C)c1.Nc1ccccc1-c1nc2c(-c3ccccc3)cccc2n1-c1ccccc1. The Labute approximate surface area is 524 Å². The van der Waals surface area contributed by atoms with Crippen molar-refractivity contribution in [2.24, 2.45) is 4.99 Å². The minimum atomic E-state index is -0.219. The number of nitrogen functional groups attached to an aromatic ring is 1. The monoisotopic (exact) mass is 1170 g/mol. The number of nitrogens with two attached hydrogens (primary N) is 1. The van der Waals surface area contributed by atoms with E-state index in [4.69, 9.17) is 20.7 Å². The Kier molecular flexibility index (Phi) is 17.6. The summed E-state index contributed by atoms with van der Waals surface area (Å²) in [6.45, 7) is 25.4. The highest BCUT2D eigenvalue weighted by Gasteiger charge is 2.27. The molecule has 89 heavy (non-hydrogen) atoms. The molecule has 2 aromatic heterocycles. The standard InChI is InChI=1S/C40H39N3O.C25H19N3.C15H22O2/c1-39(2,3)29-24-28(37(44)33(25-29)40(4,5)6)26-41-34-22-14-13-20-32(34)38-42-36-31(27-16-9-7-10-17-27)21-15-23-35(36)43(38)30-18-11-8-12-19-30;26-22-16-8-7-14-21(22)25-27-24-20(18-10-3-1-4-11-18)15-9-17-23(24)28(25)19-12-5-2-6-13-19;1-14(2,3)11-7-10(9-16)13(17)12(8-11)15(4,5)6/h7-26,44H,1-6H3;1-17H,26H2;7-9,17H,1-6H3. The summed E-state index contributed by atoms with van der Waals surface area (Å²) in [5, 5.41) is 21.5. The first-order chi connectivity index (χ1) is 42.4. The molecule has 12 rings (SSSR count). The van der Waals surface area contributed by atoms with Crippen molar-refractivity contribution in [3.63, 3.8) is 0 Å². The van der Waals surface area contributed by atoms with Gasteiger partial charge in [-0.1, -0.05) is 241 Å². The van der Waals surface area contributed by atoms with Crippen molar-refractivity contribution in [3.8, 4) is 67.9 Å². The summed E-state index contributed by atoms with van der Waals surface area (Å²) >= 11 is 0. The van der Waals surface area contributed by atoms with Crippen molar-refractivity contribution in [1.29, 1.82) is 0 Å². The zero-order chi connectivity index (χ0) is 63.4. The number of aromatic nitrogens is 4. The van der Waals surface area contributed by atoms with E-state index in [2.05, 4.69) is 199 Å². The van der Waals surface area contributed by atoms with Crippen LogP contribution in [-0.2, 0) is 21.7 Å². The molecule has 448 valence electrons. The van der Waals surface area contributed by atoms with Gasteiger partial charge in [0.15, 0.2) is 6.29 Å². The van der Waals surface area contributed by atoms with Gasteiger partial charge in [-0.2, -0.15) is 0 Å². The summed E-state index contributed by atoms with van der Waals surface area (Å²) in [4.78, 5) is 26.4. The number of carbonyl (C=O) groups is 1. The zero-order valence-electron chi connectivity index (χ0n) is 53.2. The number of phenolic OH excluding ortho intramolecular Hbond substituents is 2. The van der Waals surface area contributed by atoms with Gasteiger partial charge < -0.3 is 15.9 Å². The molecular formula is C80H80N6O3. The fourth-order valence-corrected chi connectivity index (χ4v) is 11.1. The molecule has 2 heterocycles. The molecule has 10 aromatic carbocycles. The molecule has 0 saturated heterocycles. The number of rotatable bonds is 9. The summed E-state index contributed by atoms with van der Waals surface area (Å²) in [5.74, 6) is 2.05. The number of nitrogens with zero attached hydrogens (tertiary/aromatic N) is 5. The number of aromatic hydroxyl groups is 2. The minimum Gasteiger partial charge on any atom is -0.507 e. The van der Waals surface area contributed by atoms with Gasteiger partial charge in [-0.3, -0.25) is 18.9 Å². The van der Waals surface area contributed by atoms with E-state index in [0.717, 1.165) is 118 Å². The smallest absolute Gasteiger partial charge is 0.153 e. The highest BCUT2D eigenvalue weighted by molar-refractivity contribution is 5.98. The predicted octanol–water partition coefficient (Wildman–Crippen LogP) is 20.2. The second kappa shape index (κ2) is 25.3. The van der Waals surface area contributed by atoms with Crippen molar-refractivity contribution >= 4 is 45.9 Å². The zero-order valence-corrected chi connectivity index (χ0v) is 53.2. The number of aliphatic imine (C=N–C) groups is 1. The van der Waals surface area contributed by atoms with Crippen LogP contribution in [0.25, 0.3) is 78.5 Å². The van der Waals surface area contributed by atoms with Crippen molar-refractivity contribution in [2.45, 2.75) is 105 Å². The number of aldehydes is 1. The van der Waals surface area contributed by atoms with Crippen LogP contribution in [0, 0.1) is 0 Å². The van der Waals surface area contributed by atoms with Gasteiger partial charge in [0.2, 0.25) is 0 Å². The lowest BCUT2D eigenvalue weighted by Crippen LogP contribution is -2.17. The number of hydrogen-bond donors (Lipinski definition) is 3. The van der Waals surface area contributed by atoms with Crippen LogP contribution in [0.2, 0.25) is 0 Å². The highest BCUT2D eigenvalue weighted by Crippen LogP contribution is 2.42. The van der Waals surface area contributed by atoms with Gasteiger partial charge in [0.1, 0.15) is 23.1 Å². The summed E-state index contributed by atoms with van der Waals surface area (Å²) in [6.07, 6.45) is 2.52. The van der Waals surface area contributed by atoms with Gasteiger partial charge in [0.05, 0.1) is 33.3 Å². The van der Waals surface area contributed by atoms with Gasteiger partial charge in [-0.25, -0.2) is 9.97 Å². The maximum Gasteiger partial charge on any atom is 0.153 e. The van der Waals surface area contributed by atoms with E-state index in [0.29, 0.717) is 11.1 Å². The fourth-order valence-electron chi connectivity index (χ4n) is 11.1. The first-order valence-electron chi connectivity index (χ1n) is 30.4. The number of hydrogen-bond acceptors (Lipinski definition) is 7. The number of para-hydroxylation sites is 6. The van der Waals surface area contributed by atoms with E-state index in [1.54, 1.807) is 12.3 Å². The van der Waals surface area contributed by atoms with Crippen molar-refractivity contribution in [2.75, 3.05) is 5.73 Å². The van der Waals surface area contributed by atoms with Gasteiger partial charge in [0.25, 0.3) is 0 Å². The largest absolute Gasteiger partial charge is 0.507 e. The average molecular weight is 1170 g/mol. The Morgan fingerprint density at radius 2 is 0.775 bits per heavy atom. The lowest BCUT2D eigenvalue weighted by Gasteiger charge is -2.27. The molecule has 0 aliphatic heterocycles. The van der Waals surface area contributed by atoms with E-state index in [1.807, 2.05) is 118 Å². The first-order valence-corrected chi connectivity index (χ1v) is 30.4. The second-order valence-corrected chi connectivity index (χ2v) is 26.7. The quantitative estimate of drug-likeness (QED) is 0.0749. The molecule has 0 bridgehead atoms. The molecule has 0 spiro atoms. The highest BCUT2D eigenvalue weighted by atomic mass is 16.3. The molecule has 0 saturated carbocycles. The molecule has 0 unspecified atom stereocenters. The normalized spacial score (nSPS) is 12.0. The molecule has 0 aliphatic rings. The maximum atomic E-state index is 11.4. The van der Waals surface area contributed by atoms with Crippen LogP contribution >= 0.6 is 0 Å². The number of phenols is 2. The third-order valence-electron chi connectivity index (χ3n) is 16.0. The van der Waals surface area contributed by atoms with Crippen LogP contribution in [-0.4, -0.2) is 41.8 Å². The maximum absolute atomic E-state index is 11.4. The summed E-state index contributed by atoms with van der Waals surface area (Å²) < 4.78 is 4.40. The van der Waals surface area contributed by atoms with E-state index in [9.17, 15) is 15.0 Å². The van der Waals surface area contributed by atoms with Crippen molar-refractivity contribution < 1.29 is 15.0 Å². The van der Waals surface area contributed by atoms with Crippen LogP contribution < -0.4 is 5.73 Å². The van der Waals surface area contributed by atoms with Crippen LogP contribution in [0.3, 0.4) is 0 Å². The average Bonchev–Trinajstić information content (AvgIpc) is 1.70. The molecule has 0 aliphatic carbocycles. The summed E-state index contributed by atoms with van der Waals surface area (Å²) in [6, 6.07) is 78.0. The van der Waals surface area contributed by atoms with Crippen LogP contribution in [0.5, 0.6) is 11.5 Å². The van der Waals surface area contributed by atoms with E-state index >= 15 is 0 Å². The molecule has 0 atom stereocenters. The third kappa shape index (κ3) is 13.4. The molecule has 4 N–H and O–H groups in total. The molecule has 0 fully saturated rings. The lowest BCUT2D eigenvalue weighted by molar-refractivity contribution is 0.112. The van der Waals surface area contributed by atoms with Crippen molar-refractivity contribution in [1.82, 2.24) is 19.1 Å². The number of carbonyl (C=O) groups excluding carboxylic acids is 1. The van der Waals surface area contributed by atoms with E-state index < -0.39 is 0 Å². The molecule has 9 nitrogen and oxygen atoms in total. The first kappa shape index (κ1) is 61.9. The van der Waals surface area contributed by atoms with Gasteiger partial charge in [0, 0.05) is 62.2 Å². The Balaban J connectivity index is 0.000000165. The fraction of sp³-hybridized carbons (Fsp3) is 0.200. The Hall–Kier alpha value is -10.1. The van der Waals surface area contributed by atoms with Gasteiger partial charge in [-0.15, -0.1) is 0 Å². The third-order valence-corrected chi connectivity index (χ3v) is 16.0. The van der Waals surface area contributed by atoms with Crippen LogP contribution in [0.15, 0.2) is 236 Å². The van der Waals surface area contributed by atoms with Gasteiger partial charge >= 0.3 is 0 Å². The lowest BCUT2D eigenvalue weighted by atomic mass is 9.79. The number of benzene rings is 10. The molecule has 9 heteroatoms. The Bertz CT molecular complexity index is 4500.